The molecule has 188 valence electrons. The van der Waals surface area contributed by atoms with Gasteiger partial charge in [0.1, 0.15) is 0 Å². The summed E-state index contributed by atoms with van der Waals surface area (Å²) in [7, 11) is 0. The molecule has 0 radical (unpaired) electrons. The number of hydrogen-bond donors (Lipinski definition) is 0. The van der Waals surface area contributed by atoms with Gasteiger partial charge in [0.05, 0.1) is 17.0 Å². The van der Waals surface area contributed by atoms with Gasteiger partial charge in [0.15, 0.2) is 0 Å². The highest BCUT2D eigenvalue weighted by molar-refractivity contribution is 6.32. The molecule has 3 aromatic rings. The molecule has 4 bridgehead atoms. The van der Waals surface area contributed by atoms with Crippen molar-refractivity contribution >= 4 is 23.4 Å². The van der Waals surface area contributed by atoms with E-state index < -0.39 is 0 Å². The Hall–Kier alpha value is -3.40. The molecule has 2 heterocycles. The molecule has 0 spiro atoms. The highest BCUT2D eigenvalue weighted by Crippen LogP contribution is 2.60. The number of para-hydroxylation sites is 1. The number of rotatable bonds is 4. The van der Waals surface area contributed by atoms with E-state index in [4.69, 9.17) is 0 Å². The molecule has 1 aromatic heterocycles. The second-order valence-corrected chi connectivity index (χ2v) is 12.1. The monoisotopic (exact) mass is 489 g/mol. The maximum Gasteiger partial charge on any atom is 0.280 e. The van der Waals surface area contributed by atoms with Crippen molar-refractivity contribution in [2.24, 2.45) is 22.9 Å². The smallest absolute Gasteiger partial charge is 0.280 e. The van der Waals surface area contributed by atoms with Crippen molar-refractivity contribution in [3.8, 4) is 5.69 Å². The SMILES string of the molecule is CC1=NN(c2ccccc2)C(=O)C1=Cc1cc(C)n(-c2ccc(C34CC5CC(CC(C5)C3)C4)cc2)c1C. The van der Waals surface area contributed by atoms with Gasteiger partial charge in [-0.3, -0.25) is 4.79 Å². The first kappa shape index (κ1) is 22.8. The fourth-order valence-corrected chi connectivity index (χ4v) is 8.34. The number of anilines is 1. The lowest BCUT2D eigenvalue weighted by Gasteiger charge is -2.57. The van der Waals surface area contributed by atoms with Crippen LogP contribution in [0.4, 0.5) is 5.69 Å². The molecule has 4 nitrogen and oxygen atoms in total. The Morgan fingerprint density at radius 3 is 2.08 bits per heavy atom. The summed E-state index contributed by atoms with van der Waals surface area (Å²) in [5, 5.41) is 6.05. The minimum absolute atomic E-state index is 0.0755. The molecule has 1 amide bonds. The molecule has 4 aliphatic carbocycles. The Bertz CT molecular complexity index is 1410. The van der Waals surface area contributed by atoms with Crippen molar-refractivity contribution in [1.82, 2.24) is 4.57 Å². The third kappa shape index (κ3) is 3.64. The summed E-state index contributed by atoms with van der Waals surface area (Å²) in [6, 6.07) is 21.3. The number of carbonyl (C=O) groups excluding carboxylic acids is 1. The Labute approximate surface area is 219 Å². The zero-order valence-corrected chi connectivity index (χ0v) is 22.1. The number of aromatic nitrogens is 1. The number of hydrogen-bond acceptors (Lipinski definition) is 2. The van der Waals surface area contributed by atoms with E-state index in [1.54, 1.807) is 5.56 Å². The molecule has 4 saturated carbocycles. The van der Waals surface area contributed by atoms with Gasteiger partial charge in [0.25, 0.3) is 5.91 Å². The summed E-state index contributed by atoms with van der Waals surface area (Å²) in [6.07, 6.45) is 10.6. The van der Waals surface area contributed by atoms with Gasteiger partial charge < -0.3 is 4.57 Å². The second-order valence-electron chi connectivity index (χ2n) is 12.1. The Morgan fingerprint density at radius 1 is 0.838 bits per heavy atom. The molecular formula is C33H35N3O. The van der Waals surface area contributed by atoms with Crippen LogP contribution in [0.15, 0.2) is 71.3 Å². The van der Waals surface area contributed by atoms with Crippen LogP contribution in [0.25, 0.3) is 11.8 Å². The van der Waals surface area contributed by atoms with Crippen LogP contribution in [0, 0.1) is 31.6 Å². The van der Waals surface area contributed by atoms with Crippen molar-refractivity contribution in [3.63, 3.8) is 0 Å². The molecule has 4 heteroatoms. The van der Waals surface area contributed by atoms with Crippen LogP contribution in [0.2, 0.25) is 0 Å². The summed E-state index contributed by atoms with van der Waals surface area (Å²) < 4.78 is 2.32. The predicted molar refractivity (Wildman–Crippen MR) is 150 cm³/mol. The zero-order valence-electron chi connectivity index (χ0n) is 22.1. The standard InChI is InChI=1S/C33H35N3O/c1-21-13-27(17-31-22(2)34-36(32(31)37)30-7-5-4-6-8-30)23(3)35(21)29-11-9-28(10-12-29)33-18-24-14-25(19-33)16-26(15-24)20-33/h4-13,17,24-26H,14-16,18-20H2,1-3H3. The highest BCUT2D eigenvalue weighted by Gasteiger charge is 2.51. The number of benzene rings is 2. The number of nitrogens with zero attached hydrogens (tertiary/aromatic N) is 3. The van der Waals surface area contributed by atoms with Gasteiger partial charge >= 0.3 is 0 Å². The maximum atomic E-state index is 13.2. The van der Waals surface area contributed by atoms with Crippen LogP contribution in [0.1, 0.15) is 68.0 Å². The van der Waals surface area contributed by atoms with E-state index >= 15 is 0 Å². The lowest BCUT2D eigenvalue weighted by atomic mass is 9.48. The Balaban J connectivity index is 1.18. The summed E-state index contributed by atoms with van der Waals surface area (Å²) >= 11 is 0. The zero-order chi connectivity index (χ0) is 25.3. The normalized spacial score (nSPS) is 29.4. The van der Waals surface area contributed by atoms with E-state index in [1.165, 1.54) is 54.9 Å². The predicted octanol–water partition coefficient (Wildman–Crippen LogP) is 7.37. The first-order chi connectivity index (χ1) is 17.9. The third-order valence-corrected chi connectivity index (χ3v) is 9.61. The first-order valence-electron chi connectivity index (χ1n) is 13.9. The van der Waals surface area contributed by atoms with Gasteiger partial charge in [-0.05, 0) is 130 Å². The van der Waals surface area contributed by atoms with Crippen molar-refractivity contribution in [2.75, 3.05) is 5.01 Å². The van der Waals surface area contributed by atoms with Gasteiger partial charge in [-0.1, -0.05) is 30.3 Å². The lowest BCUT2D eigenvalue weighted by Crippen LogP contribution is -2.48. The Morgan fingerprint density at radius 2 is 1.46 bits per heavy atom. The van der Waals surface area contributed by atoms with E-state index in [9.17, 15) is 4.79 Å². The van der Waals surface area contributed by atoms with Crippen molar-refractivity contribution in [1.29, 1.82) is 0 Å². The largest absolute Gasteiger partial charge is 0.318 e. The summed E-state index contributed by atoms with van der Waals surface area (Å²) in [6.45, 7) is 6.21. The van der Waals surface area contributed by atoms with Crippen LogP contribution >= 0.6 is 0 Å². The van der Waals surface area contributed by atoms with Gasteiger partial charge in [0, 0.05) is 17.1 Å². The number of carbonyl (C=O) groups is 1. The van der Waals surface area contributed by atoms with Crippen molar-refractivity contribution < 1.29 is 4.79 Å². The van der Waals surface area contributed by atoms with Crippen molar-refractivity contribution in [3.05, 3.63) is 88.8 Å². The van der Waals surface area contributed by atoms with Crippen LogP contribution in [0.5, 0.6) is 0 Å². The second kappa shape index (κ2) is 8.31. The van der Waals surface area contributed by atoms with E-state index in [1.807, 2.05) is 43.3 Å². The summed E-state index contributed by atoms with van der Waals surface area (Å²) in [5.41, 5.74) is 8.76. The number of aryl methyl sites for hydroxylation is 1. The Kier molecular flexibility index (Phi) is 5.11. The topological polar surface area (TPSA) is 37.6 Å². The third-order valence-electron chi connectivity index (χ3n) is 9.61. The molecule has 37 heavy (non-hydrogen) atoms. The molecule has 0 saturated heterocycles. The van der Waals surface area contributed by atoms with Gasteiger partial charge in [-0.2, -0.15) is 10.1 Å². The van der Waals surface area contributed by atoms with Gasteiger partial charge in [-0.25, -0.2) is 0 Å². The molecule has 4 fully saturated rings. The molecular weight excluding hydrogens is 454 g/mol. The first-order valence-corrected chi connectivity index (χ1v) is 13.9. The number of hydrazone groups is 1. The average Bonchev–Trinajstić information content (AvgIpc) is 3.33. The summed E-state index contributed by atoms with van der Waals surface area (Å²) in [4.78, 5) is 13.2. The highest BCUT2D eigenvalue weighted by atomic mass is 16.2. The molecule has 0 N–H and O–H groups in total. The average molecular weight is 490 g/mol. The van der Waals surface area contributed by atoms with E-state index in [0.29, 0.717) is 11.0 Å². The molecule has 0 atom stereocenters. The summed E-state index contributed by atoms with van der Waals surface area (Å²) in [5.74, 6) is 2.80. The van der Waals surface area contributed by atoms with Crippen LogP contribution < -0.4 is 5.01 Å². The lowest BCUT2D eigenvalue weighted by molar-refractivity contribution is -0.114. The molecule has 5 aliphatic rings. The van der Waals surface area contributed by atoms with E-state index in [2.05, 4.69) is 53.8 Å². The van der Waals surface area contributed by atoms with Crippen LogP contribution in [-0.2, 0) is 10.2 Å². The maximum absolute atomic E-state index is 13.2. The van der Waals surface area contributed by atoms with E-state index in [-0.39, 0.29) is 5.91 Å². The molecule has 0 unspecified atom stereocenters. The number of amides is 1. The fraction of sp³-hybridized carbons (Fsp3) is 0.394. The van der Waals surface area contributed by atoms with E-state index in [0.717, 1.165) is 40.4 Å². The van der Waals surface area contributed by atoms with Crippen LogP contribution in [-0.4, -0.2) is 16.2 Å². The quantitative estimate of drug-likeness (QED) is 0.353. The minimum atomic E-state index is -0.0755. The van der Waals surface area contributed by atoms with Crippen molar-refractivity contribution in [2.45, 2.75) is 64.7 Å². The van der Waals surface area contributed by atoms with Crippen LogP contribution in [0.3, 0.4) is 0 Å². The van der Waals surface area contributed by atoms with Gasteiger partial charge in [-0.15, -0.1) is 0 Å². The van der Waals surface area contributed by atoms with Gasteiger partial charge in [0.2, 0.25) is 0 Å². The molecule has 1 aliphatic heterocycles. The fourth-order valence-electron chi connectivity index (χ4n) is 8.34. The molecule has 8 rings (SSSR count). The molecule has 2 aromatic carbocycles. The minimum Gasteiger partial charge on any atom is -0.318 e.